The van der Waals surface area contributed by atoms with Gasteiger partial charge in [0, 0.05) is 16.9 Å². The maximum absolute atomic E-state index is 12.2. The average molecular weight is 303 g/mol. The van der Waals surface area contributed by atoms with Crippen LogP contribution in [0.2, 0.25) is 0 Å². The molecule has 2 heterocycles. The van der Waals surface area contributed by atoms with Gasteiger partial charge in [-0.1, -0.05) is 15.9 Å². The molecular formula is C13H7BrN2O2. The Balaban J connectivity index is 2.13. The lowest BCUT2D eigenvalue weighted by Crippen LogP contribution is -2.29. The van der Waals surface area contributed by atoms with Crippen molar-refractivity contribution < 1.29 is 9.59 Å². The smallest absolute Gasteiger partial charge is 0.266 e. The number of imide groups is 1. The van der Waals surface area contributed by atoms with Gasteiger partial charge in [-0.05, 0) is 30.3 Å². The highest BCUT2D eigenvalue weighted by Crippen LogP contribution is 2.29. The topological polar surface area (TPSA) is 50.3 Å². The van der Waals surface area contributed by atoms with Gasteiger partial charge in [0.2, 0.25) is 0 Å². The number of halogens is 1. The number of hydrogen-bond acceptors (Lipinski definition) is 3. The Kier molecular flexibility index (Phi) is 2.48. The van der Waals surface area contributed by atoms with E-state index in [2.05, 4.69) is 20.9 Å². The fraction of sp³-hybridized carbons (Fsp3) is 0. The molecule has 0 aliphatic carbocycles. The highest BCUT2D eigenvalue weighted by atomic mass is 79.9. The van der Waals surface area contributed by atoms with Gasteiger partial charge in [0.15, 0.2) is 0 Å². The Hall–Kier alpha value is -2.01. The van der Waals surface area contributed by atoms with Crippen molar-refractivity contribution >= 4 is 33.4 Å². The number of pyridine rings is 1. The molecule has 0 saturated heterocycles. The normalized spacial score (nSPS) is 13.9. The lowest BCUT2D eigenvalue weighted by molar-refractivity contribution is 0.0926. The average Bonchev–Trinajstić information content (AvgIpc) is 2.63. The molecule has 1 aliphatic heterocycles. The zero-order valence-electron chi connectivity index (χ0n) is 9.13. The number of hydrogen-bond donors (Lipinski definition) is 0. The molecule has 5 heteroatoms. The quantitative estimate of drug-likeness (QED) is 0.761. The van der Waals surface area contributed by atoms with Gasteiger partial charge in [0.05, 0.1) is 16.8 Å². The van der Waals surface area contributed by atoms with Gasteiger partial charge < -0.3 is 0 Å². The number of fused-ring (bicyclic) bond motifs is 1. The first-order chi connectivity index (χ1) is 8.68. The largest absolute Gasteiger partial charge is 0.268 e. The van der Waals surface area contributed by atoms with Gasteiger partial charge in [-0.2, -0.15) is 0 Å². The number of benzene rings is 1. The van der Waals surface area contributed by atoms with Gasteiger partial charge in [0.1, 0.15) is 0 Å². The Morgan fingerprint density at radius 1 is 0.944 bits per heavy atom. The molecule has 4 nitrogen and oxygen atoms in total. The summed E-state index contributed by atoms with van der Waals surface area (Å²) in [5, 5.41) is 0. The van der Waals surface area contributed by atoms with E-state index in [1.165, 1.54) is 4.90 Å². The standard InChI is InChI=1S/C13H7BrN2O2/c14-8-1-2-10-11(7-8)13(18)16(12(10)17)9-3-5-15-6-4-9/h1-7H. The van der Waals surface area contributed by atoms with Crippen LogP contribution in [-0.4, -0.2) is 16.8 Å². The number of anilines is 1. The first-order valence-electron chi connectivity index (χ1n) is 5.27. The van der Waals surface area contributed by atoms with Gasteiger partial charge in [-0.15, -0.1) is 0 Å². The van der Waals surface area contributed by atoms with Crippen molar-refractivity contribution in [3.63, 3.8) is 0 Å². The fourth-order valence-corrected chi connectivity index (χ4v) is 2.30. The van der Waals surface area contributed by atoms with E-state index in [1.54, 1.807) is 42.7 Å². The molecule has 3 rings (SSSR count). The third kappa shape index (κ3) is 1.55. The Morgan fingerprint density at radius 3 is 2.33 bits per heavy atom. The summed E-state index contributed by atoms with van der Waals surface area (Å²) in [7, 11) is 0. The number of amides is 2. The summed E-state index contributed by atoms with van der Waals surface area (Å²) >= 11 is 3.30. The van der Waals surface area contributed by atoms with Gasteiger partial charge in [0.25, 0.3) is 11.8 Å². The minimum atomic E-state index is -0.303. The van der Waals surface area contributed by atoms with Crippen LogP contribution in [0, 0.1) is 0 Å². The second-order valence-corrected chi connectivity index (χ2v) is 4.76. The Bertz CT molecular complexity index is 655. The number of nitrogens with zero attached hydrogens (tertiary/aromatic N) is 2. The first-order valence-corrected chi connectivity index (χ1v) is 6.06. The molecule has 2 aromatic rings. The molecule has 1 aromatic heterocycles. The molecule has 88 valence electrons. The van der Waals surface area contributed by atoms with E-state index >= 15 is 0 Å². The second-order valence-electron chi connectivity index (χ2n) is 3.84. The molecule has 2 amide bonds. The van der Waals surface area contributed by atoms with Crippen LogP contribution in [0.1, 0.15) is 20.7 Å². The lowest BCUT2D eigenvalue weighted by atomic mass is 10.1. The van der Waals surface area contributed by atoms with Crippen molar-refractivity contribution in [1.82, 2.24) is 4.98 Å². The predicted molar refractivity (Wildman–Crippen MR) is 69.5 cm³/mol. The van der Waals surface area contributed by atoms with Crippen LogP contribution in [0.5, 0.6) is 0 Å². The first kappa shape index (κ1) is 11.1. The molecule has 0 bridgehead atoms. The van der Waals surface area contributed by atoms with E-state index in [4.69, 9.17) is 0 Å². The molecule has 0 fully saturated rings. The van der Waals surface area contributed by atoms with Crippen molar-refractivity contribution in [2.45, 2.75) is 0 Å². The van der Waals surface area contributed by atoms with Gasteiger partial charge in [-0.3, -0.25) is 14.6 Å². The summed E-state index contributed by atoms with van der Waals surface area (Å²) in [6.07, 6.45) is 3.10. The summed E-state index contributed by atoms with van der Waals surface area (Å²) in [6.45, 7) is 0. The minimum absolute atomic E-state index is 0.297. The van der Waals surface area contributed by atoms with Gasteiger partial charge in [-0.25, -0.2) is 4.90 Å². The van der Waals surface area contributed by atoms with Crippen molar-refractivity contribution in [2.24, 2.45) is 0 Å². The van der Waals surface area contributed by atoms with Crippen LogP contribution in [0.3, 0.4) is 0 Å². The van der Waals surface area contributed by atoms with E-state index < -0.39 is 0 Å². The van der Waals surface area contributed by atoms with E-state index in [-0.39, 0.29) is 11.8 Å². The summed E-state index contributed by atoms with van der Waals surface area (Å²) in [6, 6.07) is 8.34. The van der Waals surface area contributed by atoms with Crippen LogP contribution in [0.25, 0.3) is 0 Å². The van der Waals surface area contributed by atoms with Crippen LogP contribution in [0.4, 0.5) is 5.69 Å². The van der Waals surface area contributed by atoms with E-state index in [0.29, 0.717) is 16.8 Å². The molecule has 18 heavy (non-hydrogen) atoms. The molecule has 1 aromatic carbocycles. The number of carbonyl (C=O) groups is 2. The van der Waals surface area contributed by atoms with E-state index in [1.807, 2.05) is 0 Å². The Labute approximate surface area is 111 Å². The van der Waals surface area contributed by atoms with Crippen LogP contribution in [-0.2, 0) is 0 Å². The number of aromatic nitrogens is 1. The third-order valence-electron chi connectivity index (χ3n) is 2.77. The molecule has 0 N–H and O–H groups in total. The van der Waals surface area contributed by atoms with Crippen molar-refractivity contribution in [3.8, 4) is 0 Å². The predicted octanol–water partition coefficient (Wildman–Crippen LogP) is 2.64. The number of carbonyl (C=O) groups excluding carboxylic acids is 2. The molecular weight excluding hydrogens is 296 g/mol. The van der Waals surface area contributed by atoms with Crippen molar-refractivity contribution in [3.05, 3.63) is 58.3 Å². The molecule has 1 aliphatic rings. The zero-order chi connectivity index (χ0) is 12.7. The fourth-order valence-electron chi connectivity index (χ4n) is 1.94. The van der Waals surface area contributed by atoms with Crippen LogP contribution >= 0.6 is 15.9 Å². The Morgan fingerprint density at radius 2 is 1.61 bits per heavy atom. The van der Waals surface area contributed by atoms with Crippen molar-refractivity contribution in [2.75, 3.05) is 4.90 Å². The minimum Gasteiger partial charge on any atom is -0.268 e. The SMILES string of the molecule is O=C1c2ccc(Br)cc2C(=O)N1c1ccncc1. The highest BCUT2D eigenvalue weighted by Gasteiger charge is 2.36. The molecule has 0 spiro atoms. The maximum atomic E-state index is 12.2. The summed E-state index contributed by atoms with van der Waals surface area (Å²) in [4.78, 5) is 29.5. The molecule has 0 saturated carbocycles. The van der Waals surface area contributed by atoms with E-state index in [9.17, 15) is 9.59 Å². The highest BCUT2D eigenvalue weighted by molar-refractivity contribution is 9.10. The summed E-state index contributed by atoms with van der Waals surface area (Å²) in [5.41, 5.74) is 1.39. The van der Waals surface area contributed by atoms with E-state index in [0.717, 1.165) is 4.47 Å². The molecule has 0 unspecified atom stereocenters. The summed E-state index contributed by atoms with van der Waals surface area (Å²) in [5.74, 6) is -0.601. The van der Waals surface area contributed by atoms with Crippen LogP contribution in [0.15, 0.2) is 47.2 Å². The number of rotatable bonds is 1. The monoisotopic (exact) mass is 302 g/mol. The lowest BCUT2D eigenvalue weighted by Gasteiger charge is -2.12. The maximum Gasteiger partial charge on any atom is 0.266 e. The molecule has 0 radical (unpaired) electrons. The van der Waals surface area contributed by atoms with Crippen LogP contribution < -0.4 is 4.90 Å². The third-order valence-corrected chi connectivity index (χ3v) is 3.26. The summed E-state index contributed by atoms with van der Waals surface area (Å²) < 4.78 is 0.777. The van der Waals surface area contributed by atoms with Crippen molar-refractivity contribution in [1.29, 1.82) is 0 Å². The second kappa shape index (κ2) is 4.03. The van der Waals surface area contributed by atoms with Gasteiger partial charge >= 0.3 is 0 Å². The zero-order valence-corrected chi connectivity index (χ0v) is 10.7. The molecule has 0 atom stereocenters.